The molecule has 2 saturated heterocycles. The summed E-state index contributed by atoms with van der Waals surface area (Å²) in [5.74, 6) is -0.217. The van der Waals surface area contributed by atoms with Gasteiger partial charge in [0, 0.05) is 38.3 Å². The third-order valence-electron chi connectivity index (χ3n) is 5.27. The van der Waals surface area contributed by atoms with Crippen molar-refractivity contribution in [2.24, 2.45) is 5.92 Å². The van der Waals surface area contributed by atoms with Crippen LogP contribution >= 0.6 is 0 Å². The van der Waals surface area contributed by atoms with Crippen LogP contribution in [0.1, 0.15) is 46.0 Å². The van der Waals surface area contributed by atoms with Crippen LogP contribution in [0.15, 0.2) is 0 Å². The van der Waals surface area contributed by atoms with Crippen molar-refractivity contribution in [3.63, 3.8) is 0 Å². The van der Waals surface area contributed by atoms with Gasteiger partial charge in [0.15, 0.2) is 0 Å². The molecule has 0 saturated carbocycles. The van der Waals surface area contributed by atoms with Gasteiger partial charge in [-0.05, 0) is 39.5 Å². The quantitative estimate of drug-likeness (QED) is 0.808. The minimum Gasteiger partial charge on any atom is -0.355 e. The second-order valence-corrected chi connectivity index (χ2v) is 9.10. The van der Waals surface area contributed by atoms with Gasteiger partial charge >= 0.3 is 0 Å². The monoisotopic (exact) mass is 345 g/mol. The number of amides is 1. The fourth-order valence-electron chi connectivity index (χ4n) is 3.83. The van der Waals surface area contributed by atoms with Crippen LogP contribution in [0.4, 0.5) is 0 Å². The van der Waals surface area contributed by atoms with Crippen LogP contribution in [0.2, 0.25) is 0 Å². The first-order chi connectivity index (χ1) is 10.8. The van der Waals surface area contributed by atoms with Gasteiger partial charge in [0.25, 0.3) is 0 Å². The molecule has 6 nitrogen and oxygen atoms in total. The normalized spacial score (nSPS) is 31.0. The number of carbonyl (C=O) groups excluding carboxylic acids is 1. The van der Waals surface area contributed by atoms with Gasteiger partial charge in [-0.25, -0.2) is 12.7 Å². The van der Waals surface area contributed by atoms with E-state index in [-0.39, 0.29) is 11.8 Å². The van der Waals surface area contributed by atoms with Crippen LogP contribution in [0, 0.1) is 5.92 Å². The minimum absolute atomic E-state index is 0.00401. The second kappa shape index (κ2) is 7.94. The van der Waals surface area contributed by atoms with Gasteiger partial charge in [0.2, 0.25) is 15.9 Å². The van der Waals surface area contributed by atoms with Gasteiger partial charge in [-0.15, -0.1) is 0 Å². The lowest BCUT2D eigenvalue weighted by atomic mass is 9.97. The SMILES string of the molecule is C[C@H]1CCC[C@H](C)N1CCNC(=O)[C@@H]1CCCN(S(C)(=O)=O)C1. The van der Waals surface area contributed by atoms with Crippen LogP contribution in [0.3, 0.4) is 0 Å². The lowest BCUT2D eigenvalue weighted by Crippen LogP contribution is -2.49. The number of nitrogens with one attached hydrogen (secondary N) is 1. The van der Waals surface area contributed by atoms with E-state index in [0.717, 1.165) is 19.4 Å². The number of rotatable bonds is 5. The summed E-state index contributed by atoms with van der Waals surface area (Å²) in [5, 5.41) is 3.01. The van der Waals surface area contributed by atoms with Crippen LogP contribution < -0.4 is 5.32 Å². The molecule has 0 aromatic carbocycles. The Morgan fingerprint density at radius 3 is 2.39 bits per heavy atom. The van der Waals surface area contributed by atoms with E-state index in [1.165, 1.54) is 29.8 Å². The number of hydrogen-bond acceptors (Lipinski definition) is 4. The Hall–Kier alpha value is -0.660. The summed E-state index contributed by atoms with van der Waals surface area (Å²) in [7, 11) is -3.20. The molecule has 0 aromatic heterocycles. The molecular weight excluding hydrogens is 314 g/mol. The van der Waals surface area contributed by atoms with E-state index >= 15 is 0 Å². The largest absolute Gasteiger partial charge is 0.355 e. The van der Waals surface area contributed by atoms with Gasteiger partial charge in [-0.3, -0.25) is 9.69 Å². The first-order valence-electron chi connectivity index (χ1n) is 8.77. The summed E-state index contributed by atoms with van der Waals surface area (Å²) < 4.78 is 24.7. The summed E-state index contributed by atoms with van der Waals surface area (Å²) in [6, 6.07) is 1.15. The number of sulfonamides is 1. The minimum atomic E-state index is -3.20. The second-order valence-electron chi connectivity index (χ2n) is 7.12. The molecule has 0 radical (unpaired) electrons. The highest BCUT2D eigenvalue weighted by molar-refractivity contribution is 7.88. The van der Waals surface area contributed by atoms with E-state index in [9.17, 15) is 13.2 Å². The third-order valence-corrected chi connectivity index (χ3v) is 6.54. The van der Waals surface area contributed by atoms with E-state index in [1.54, 1.807) is 0 Å². The lowest BCUT2D eigenvalue weighted by molar-refractivity contribution is -0.126. The number of nitrogens with zero attached hydrogens (tertiary/aromatic N) is 2. The molecule has 2 heterocycles. The smallest absolute Gasteiger partial charge is 0.224 e. The van der Waals surface area contributed by atoms with Crippen LogP contribution in [-0.2, 0) is 14.8 Å². The molecular formula is C16H31N3O3S. The number of hydrogen-bond donors (Lipinski definition) is 1. The molecule has 0 spiro atoms. The summed E-state index contributed by atoms with van der Waals surface area (Å²) in [5.41, 5.74) is 0. The molecule has 2 rings (SSSR count). The van der Waals surface area contributed by atoms with Crippen molar-refractivity contribution in [1.82, 2.24) is 14.5 Å². The topological polar surface area (TPSA) is 69.7 Å². The molecule has 2 aliphatic heterocycles. The standard InChI is InChI=1S/C16H31N3O3S/c1-13-6-4-7-14(2)19(13)11-9-17-16(20)15-8-5-10-18(12-15)23(3,21)22/h13-15H,4-12H2,1-3H3,(H,17,20)/t13-,14-,15+/m0/s1. The van der Waals surface area contributed by atoms with Crippen LogP contribution in [0.25, 0.3) is 0 Å². The van der Waals surface area contributed by atoms with E-state index in [4.69, 9.17) is 0 Å². The molecule has 0 aromatic rings. The predicted molar refractivity (Wildman–Crippen MR) is 91.6 cm³/mol. The third kappa shape index (κ3) is 5.16. The molecule has 1 N–H and O–H groups in total. The van der Waals surface area contributed by atoms with Gasteiger partial charge < -0.3 is 5.32 Å². The molecule has 2 aliphatic rings. The maximum Gasteiger partial charge on any atom is 0.224 e. The molecule has 3 atom stereocenters. The van der Waals surface area contributed by atoms with Gasteiger partial charge in [0.1, 0.15) is 0 Å². The molecule has 1 amide bonds. The zero-order chi connectivity index (χ0) is 17.0. The maximum atomic E-state index is 12.3. The fourth-order valence-corrected chi connectivity index (χ4v) is 4.74. The van der Waals surface area contributed by atoms with Crippen molar-refractivity contribution in [2.45, 2.75) is 58.0 Å². The Balaban J connectivity index is 1.78. The fraction of sp³-hybridized carbons (Fsp3) is 0.938. The highest BCUT2D eigenvalue weighted by Gasteiger charge is 2.30. The zero-order valence-corrected chi connectivity index (χ0v) is 15.4. The molecule has 2 fully saturated rings. The van der Waals surface area contributed by atoms with Crippen molar-refractivity contribution < 1.29 is 13.2 Å². The van der Waals surface area contributed by atoms with Crippen molar-refractivity contribution in [3.05, 3.63) is 0 Å². The molecule has 0 aliphatic carbocycles. The Morgan fingerprint density at radius 2 is 1.78 bits per heavy atom. The van der Waals surface area contributed by atoms with Crippen molar-refractivity contribution in [3.8, 4) is 0 Å². The average molecular weight is 346 g/mol. The van der Waals surface area contributed by atoms with Gasteiger partial charge in [0.05, 0.1) is 12.2 Å². The van der Waals surface area contributed by atoms with E-state index < -0.39 is 10.0 Å². The summed E-state index contributed by atoms with van der Waals surface area (Å²) in [6.45, 7) is 6.87. The number of carbonyl (C=O) groups is 1. The highest BCUT2D eigenvalue weighted by Crippen LogP contribution is 2.22. The van der Waals surface area contributed by atoms with E-state index in [1.807, 2.05) is 0 Å². The van der Waals surface area contributed by atoms with E-state index in [2.05, 4.69) is 24.1 Å². The first-order valence-corrected chi connectivity index (χ1v) is 10.6. The van der Waals surface area contributed by atoms with Crippen LogP contribution in [0.5, 0.6) is 0 Å². The average Bonchev–Trinajstić information content (AvgIpc) is 2.49. The van der Waals surface area contributed by atoms with Gasteiger partial charge in [-0.1, -0.05) is 6.42 Å². The molecule has 7 heteroatoms. The molecule has 0 unspecified atom stereocenters. The summed E-state index contributed by atoms with van der Waals surface area (Å²) >= 11 is 0. The lowest BCUT2D eigenvalue weighted by Gasteiger charge is -2.39. The Kier molecular flexibility index (Phi) is 6.45. The molecule has 134 valence electrons. The molecule has 23 heavy (non-hydrogen) atoms. The molecule has 0 bridgehead atoms. The highest BCUT2D eigenvalue weighted by atomic mass is 32.2. The Labute approximate surface area is 140 Å². The van der Waals surface area contributed by atoms with Crippen molar-refractivity contribution in [2.75, 3.05) is 32.4 Å². The van der Waals surface area contributed by atoms with Crippen LogP contribution in [-0.4, -0.2) is 68.0 Å². The summed E-state index contributed by atoms with van der Waals surface area (Å²) in [4.78, 5) is 14.8. The zero-order valence-electron chi connectivity index (χ0n) is 14.6. The van der Waals surface area contributed by atoms with Crippen molar-refractivity contribution in [1.29, 1.82) is 0 Å². The predicted octanol–water partition coefficient (Wildman–Crippen LogP) is 1.04. The van der Waals surface area contributed by atoms with Crippen molar-refractivity contribution >= 4 is 15.9 Å². The van der Waals surface area contributed by atoms with E-state index in [0.29, 0.717) is 31.7 Å². The Bertz CT molecular complexity index is 499. The Morgan fingerprint density at radius 1 is 1.13 bits per heavy atom. The number of piperidine rings is 2. The number of likely N-dealkylation sites (tertiary alicyclic amines) is 1. The maximum absolute atomic E-state index is 12.3. The van der Waals surface area contributed by atoms with Gasteiger partial charge in [-0.2, -0.15) is 0 Å². The first kappa shape index (κ1) is 18.7. The summed E-state index contributed by atoms with van der Waals surface area (Å²) in [6.07, 6.45) is 6.48.